The van der Waals surface area contributed by atoms with Crippen molar-refractivity contribution in [1.82, 2.24) is 9.88 Å². The molecule has 0 amide bonds. The molecule has 1 heterocycles. The van der Waals surface area contributed by atoms with Gasteiger partial charge in [-0.2, -0.15) is 0 Å². The number of aliphatic hydroxyl groups excluding tert-OH is 2. The number of nitrogens with zero attached hydrogens (tertiary/aromatic N) is 3. The summed E-state index contributed by atoms with van der Waals surface area (Å²) in [7, 11) is 0. The first kappa shape index (κ1) is 26.0. The van der Waals surface area contributed by atoms with E-state index in [0.29, 0.717) is 19.8 Å². The van der Waals surface area contributed by atoms with Crippen molar-refractivity contribution in [1.29, 1.82) is 0 Å². The van der Waals surface area contributed by atoms with Crippen molar-refractivity contribution in [3.8, 4) is 0 Å². The molecule has 0 bridgehead atoms. The Bertz CT molecular complexity index is 796. The van der Waals surface area contributed by atoms with E-state index in [4.69, 9.17) is 4.74 Å². The van der Waals surface area contributed by atoms with Gasteiger partial charge in [-0.15, -0.1) is 0 Å². The van der Waals surface area contributed by atoms with Gasteiger partial charge in [0.1, 0.15) is 5.82 Å². The Morgan fingerprint density at radius 1 is 1.16 bits per heavy atom. The Kier molecular flexibility index (Phi) is 11.4. The Hall–Kier alpha value is -2.25. The van der Waals surface area contributed by atoms with Crippen LogP contribution in [0, 0.1) is 0 Å². The lowest BCUT2D eigenvalue weighted by Gasteiger charge is -2.32. The average molecular weight is 442 g/mol. The van der Waals surface area contributed by atoms with Crippen LogP contribution in [0.1, 0.15) is 51.3 Å². The lowest BCUT2D eigenvalue weighted by Crippen LogP contribution is -2.44. The number of hydrogen-bond donors (Lipinski definition) is 2. The first-order valence-electron chi connectivity index (χ1n) is 11.5. The highest BCUT2D eigenvalue weighted by Crippen LogP contribution is 2.21. The first-order valence-corrected chi connectivity index (χ1v) is 11.5. The van der Waals surface area contributed by atoms with E-state index in [-0.39, 0.29) is 12.6 Å². The highest BCUT2D eigenvalue weighted by atomic mass is 16.5. The van der Waals surface area contributed by atoms with Gasteiger partial charge >= 0.3 is 0 Å². The van der Waals surface area contributed by atoms with E-state index >= 15 is 0 Å². The molecule has 2 aromatic rings. The number of aromatic nitrogens is 1. The van der Waals surface area contributed by atoms with Gasteiger partial charge in [0, 0.05) is 30.5 Å². The molecule has 32 heavy (non-hydrogen) atoms. The van der Waals surface area contributed by atoms with Gasteiger partial charge in [-0.3, -0.25) is 4.90 Å². The van der Waals surface area contributed by atoms with Crippen LogP contribution in [-0.2, 0) is 11.3 Å². The third kappa shape index (κ3) is 7.71. The molecule has 2 N–H and O–H groups in total. The molecule has 2 rings (SSSR count). The van der Waals surface area contributed by atoms with E-state index in [1.807, 2.05) is 49.4 Å². The van der Waals surface area contributed by atoms with E-state index in [9.17, 15) is 10.2 Å². The van der Waals surface area contributed by atoms with Crippen LogP contribution in [0.15, 0.2) is 60.4 Å². The number of aliphatic hydroxyl groups is 2. The fourth-order valence-corrected chi connectivity index (χ4v) is 3.70. The molecule has 0 fully saturated rings. The minimum atomic E-state index is -0.691. The molecule has 6 heteroatoms. The minimum Gasteiger partial charge on any atom is -0.395 e. The number of allylic oxidation sites excluding steroid dienone is 2. The largest absolute Gasteiger partial charge is 0.395 e. The monoisotopic (exact) mass is 441 g/mol. The van der Waals surface area contributed by atoms with Crippen molar-refractivity contribution in [2.75, 3.05) is 37.7 Å². The lowest BCUT2D eigenvalue weighted by molar-refractivity contribution is 0.00376. The van der Waals surface area contributed by atoms with Gasteiger partial charge in [0.2, 0.25) is 0 Å². The SMILES string of the molecule is C/C=C(/C)N(CC)c1ccc(C(O)CN(CCC)[C@H](CO)COCc2ccccc2)cn1. The van der Waals surface area contributed by atoms with Crippen molar-refractivity contribution >= 4 is 5.82 Å². The zero-order valence-electron chi connectivity index (χ0n) is 19.9. The molecule has 2 atom stereocenters. The normalized spacial score (nSPS) is 13.9. The molecule has 0 aliphatic rings. The number of rotatable bonds is 14. The van der Waals surface area contributed by atoms with E-state index in [2.05, 4.69) is 41.6 Å². The summed E-state index contributed by atoms with van der Waals surface area (Å²) in [6, 6.07) is 13.7. The van der Waals surface area contributed by atoms with Gasteiger partial charge in [0.15, 0.2) is 0 Å². The molecular weight excluding hydrogens is 402 g/mol. The van der Waals surface area contributed by atoms with Crippen molar-refractivity contribution in [2.45, 2.75) is 52.9 Å². The van der Waals surface area contributed by atoms with Gasteiger partial charge in [-0.05, 0) is 45.4 Å². The predicted molar refractivity (Wildman–Crippen MR) is 130 cm³/mol. The molecular formula is C26H39N3O3. The van der Waals surface area contributed by atoms with Gasteiger partial charge in [0.05, 0.1) is 32.0 Å². The topological polar surface area (TPSA) is 69.1 Å². The minimum absolute atomic E-state index is 0.0210. The standard InChI is InChI=1S/C26H39N3O3/c1-5-15-28(24(18-30)20-32-19-22-11-9-8-10-12-22)17-25(31)23-13-14-26(27-16-23)29(7-3)21(4)6-2/h6,8-14,16,24-25,30-31H,5,7,15,17-20H2,1-4H3/b21-6-/t24-,25?/m1/s1. The molecule has 1 unspecified atom stereocenters. The van der Waals surface area contributed by atoms with Crippen LogP contribution in [-0.4, -0.2) is 59.0 Å². The summed E-state index contributed by atoms with van der Waals surface area (Å²) in [6.45, 7) is 11.2. The molecule has 1 aromatic carbocycles. The highest BCUT2D eigenvalue weighted by Gasteiger charge is 2.22. The quantitative estimate of drug-likeness (QED) is 0.459. The second-order valence-electron chi connectivity index (χ2n) is 7.97. The maximum Gasteiger partial charge on any atom is 0.132 e. The van der Waals surface area contributed by atoms with E-state index < -0.39 is 6.10 Å². The molecule has 0 aliphatic heterocycles. The predicted octanol–water partition coefficient (Wildman–Crippen LogP) is 4.15. The van der Waals surface area contributed by atoms with Crippen molar-refractivity contribution in [3.05, 3.63) is 71.6 Å². The average Bonchev–Trinajstić information content (AvgIpc) is 2.83. The fraction of sp³-hybridized carbons (Fsp3) is 0.500. The van der Waals surface area contributed by atoms with Gasteiger partial charge in [-0.25, -0.2) is 4.98 Å². The third-order valence-corrected chi connectivity index (χ3v) is 5.66. The molecule has 6 nitrogen and oxygen atoms in total. The van der Waals surface area contributed by atoms with Gasteiger partial charge < -0.3 is 19.8 Å². The number of anilines is 1. The summed E-state index contributed by atoms with van der Waals surface area (Å²) >= 11 is 0. The van der Waals surface area contributed by atoms with Crippen LogP contribution in [0.3, 0.4) is 0 Å². The molecule has 0 aliphatic carbocycles. The van der Waals surface area contributed by atoms with Crippen molar-refractivity contribution in [2.24, 2.45) is 0 Å². The second kappa shape index (κ2) is 14.0. The van der Waals surface area contributed by atoms with E-state index in [1.54, 1.807) is 6.20 Å². The van der Waals surface area contributed by atoms with Crippen LogP contribution in [0.2, 0.25) is 0 Å². The van der Waals surface area contributed by atoms with Crippen LogP contribution < -0.4 is 4.90 Å². The fourth-order valence-electron chi connectivity index (χ4n) is 3.70. The zero-order chi connectivity index (χ0) is 23.3. The second-order valence-corrected chi connectivity index (χ2v) is 7.97. The summed E-state index contributed by atoms with van der Waals surface area (Å²) in [4.78, 5) is 8.81. The molecule has 0 radical (unpaired) electrons. The van der Waals surface area contributed by atoms with Crippen LogP contribution in [0.25, 0.3) is 0 Å². The Morgan fingerprint density at radius 3 is 2.47 bits per heavy atom. The third-order valence-electron chi connectivity index (χ3n) is 5.66. The zero-order valence-corrected chi connectivity index (χ0v) is 19.9. The van der Waals surface area contributed by atoms with Crippen LogP contribution in [0.5, 0.6) is 0 Å². The molecule has 0 spiro atoms. The summed E-state index contributed by atoms with van der Waals surface area (Å²) < 4.78 is 5.87. The van der Waals surface area contributed by atoms with Crippen LogP contribution >= 0.6 is 0 Å². The summed E-state index contributed by atoms with van der Waals surface area (Å²) in [5, 5.41) is 20.9. The summed E-state index contributed by atoms with van der Waals surface area (Å²) in [6.07, 6.45) is 4.04. The number of ether oxygens (including phenoxy) is 1. The Labute approximate surface area is 193 Å². The molecule has 1 aromatic heterocycles. The lowest BCUT2D eigenvalue weighted by atomic mass is 10.1. The Morgan fingerprint density at radius 2 is 1.91 bits per heavy atom. The molecule has 176 valence electrons. The smallest absolute Gasteiger partial charge is 0.132 e. The maximum atomic E-state index is 10.9. The Balaban J connectivity index is 2.00. The number of pyridine rings is 1. The van der Waals surface area contributed by atoms with Gasteiger partial charge in [0.25, 0.3) is 0 Å². The summed E-state index contributed by atoms with van der Waals surface area (Å²) in [5.74, 6) is 0.868. The van der Waals surface area contributed by atoms with Crippen molar-refractivity contribution in [3.63, 3.8) is 0 Å². The van der Waals surface area contributed by atoms with E-state index in [1.165, 1.54) is 0 Å². The number of benzene rings is 1. The summed E-state index contributed by atoms with van der Waals surface area (Å²) in [5.41, 5.74) is 3.02. The molecule has 0 saturated carbocycles. The maximum absolute atomic E-state index is 10.9. The highest BCUT2D eigenvalue weighted by molar-refractivity contribution is 5.45. The number of hydrogen-bond acceptors (Lipinski definition) is 6. The van der Waals surface area contributed by atoms with Crippen molar-refractivity contribution < 1.29 is 14.9 Å². The first-order chi connectivity index (χ1) is 15.5. The van der Waals surface area contributed by atoms with Gasteiger partial charge in [-0.1, -0.05) is 49.4 Å². The molecule has 0 saturated heterocycles. The van der Waals surface area contributed by atoms with Crippen LogP contribution in [0.4, 0.5) is 5.82 Å². The van der Waals surface area contributed by atoms with E-state index in [0.717, 1.165) is 42.2 Å².